The van der Waals surface area contributed by atoms with Crippen LogP contribution in [0.2, 0.25) is 0 Å². The number of aryl methyl sites for hydroxylation is 1. The number of sulfonamides is 1. The van der Waals surface area contributed by atoms with Crippen LogP contribution in [0.1, 0.15) is 37.4 Å². The predicted molar refractivity (Wildman–Crippen MR) is 125 cm³/mol. The Bertz CT molecular complexity index is 1280. The number of hydrogen-bond donors (Lipinski definition) is 2. The number of carboxylic acids is 1. The first-order valence-corrected chi connectivity index (χ1v) is 11.4. The van der Waals surface area contributed by atoms with Gasteiger partial charge in [-0.2, -0.15) is 9.41 Å². The van der Waals surface area contributed by atoms with Gasteiger partial charge in [-0.25, -0.2) is 18.6 Å². The second kappa shape index (κ2) is 10.2. The molecule has 0 aliphatic carbocycles. The van der Waals surface area contributed by atoms with E-state index in [9.17, 15) is 23.1 Å². The first-order valence-electron chi connectivity index (χ1n) is 9.96. The monoisotopic (exact) mass is 465 g/mol. The van der Waals surface area contributed by atoms with E-state index in [1.165, 1.54) is 23.6 Å². The maximum Gasteiger partial charge on any atom is 0.336 e. The summed E-state index contributed by atoms with van der Waals surface area (Å²) in [7, 11) is -2.14. The first kappa shape index (κ1) is 23.8. The molecule has 0 saturated carbocycles. The Hall–Kier alpha value is -3.82. The van der Waals surface area contributed by atoms with Crippen LogP contribution in [0.25, 0.3) is 0 Å². The first-order chi connectivity index (χ1) is 15.7. The van der Waals surface area contributed by atoms with Gasteiger partial charge in [0.15, 0.2) is 0 Å². The summed E-state index contributed by atoms with van der Waals surface area (Å²) in [6.07, 6.45) is 1.26. The minimum absolute atomic E-state index is 0.0737. The number of carbonyl (C=O) groups is 2. The fourth-order valence-corrected chi connectivity index (χ4v) is 4.18. The van der Waals surface area contributed by atoms with E-state index >= 15 is 0 Å². The summed E-state index contributed by atoms with van der Waals surface area (Å²) in [6.45, 7) is 2.03. The lowest BCUT2D eigenvalue weighted by Gasteiger charge is -2.17. The van der Waals surface area contributed by atoms with Gasteiger partial charge in [0.1, 0.15) is 0 Å². The Labute approximate surface area is 192 Å². The molecule has 0 saturated heterocycles. The van der Waals surface area contributed by atoms with Crippen molar-refractivity contribution in [2.45, 2.75) is 18.4 Å². The van der Waals surface area contributed by atoms with Crippen LogP contribution in [0, 0.1) is 6.92 Å². The highest BCUT2D eigenvalue weighted by Gasteiger charge is 2.20. The lowest BCUT2D eigenvalue weighted by atomic mass is 10.1. The number of rotatable bonds is 8. The largest absolute Gasteiger partial charge is 0.478 e. The zero-order chi connectivity index (χ0) is 24.0. The molecule has 0 fully saturated rings. The van der Waals surface area contributed by atoms with Gasteiger partial charge in [0.2, 0.25) is 10.0 Å². The summed E-state index contributed by atoms with van der Waals surface area (Å²) in [5.74, 6) is -1.57. The van der Waals surface area contributed by atoms with Crippen LogP contribution in [0.4, 0.5) is 0 Å². The third-order valence-corrected chi connectivity index (χ3v) is 6.73. The van der Waals surface area contributed by atoms with E-state index < -0.39 is 21.9 Å². The van der Waals surface area contributed by atoms with Gasteiger partial charge < -0.3 is 5.11 Å². The fourth-order valence-electron chi connectivity index (χ4n) is 3.02. The molecule has 9 heteroatoms. The summed E-state index contributed by atoms with van der Waals surface area (Å²) in [4.78, 5) is 23.7. The molecule has 0 bridgehead atoms. The SMILES string of the molecule is Cc1ccc(S(=O)(=O)N(C)Cc2ccc(C(=O)NN=Cc3ccccc3C(=O)O)cc2)cc1. The van der Waals surface area contributed by atoms with Crippen molar-refractivity contribution in [1.29, 1.82) is 0 Å². The van der Waals surface area contributed by atoms with Crippen molar-refractivity contribution in [3.05, 3.63) is 101 Å². The number of carboxylic acid groups (broad SMARTS) is 1. The molecule has 8 nitrogen and oxygen atoms in total. The second-order valence-corrected chi connectivity index (χ2v) is 9.41. The number of nitrogens with zero attached hydrogens (tertiary/aromatic N) is 2. The summed E-state index contributed by atoms with van der Waals surface area (Å²) in [5.41, 5.74) is 4.80. The van der Waals surface area contributed by atoms with Gasteiger partial charge in [-0.15, -0.1) is 0 Å². The Balaban J connectivity index is 1.63. The smallest absolute Gasteiger partial charge is 0.336 e. The average molecular weight is 466 g/mol. The molecule has 3 rings (SSSR count). The quantitative estimate of drug-likeness (QED) is 0.391. The van der Waals surface area contributed by atoms with Crippen LogP contribution in [0.3, 0.4) is 0 Å². The lowest BCUT2D eigenvalue weighted by molar-refractivity contribution is 0.0696. The highest BCUT2D eigenvalue weighted by Crippen LogP contribution is 2.17. The van der Waals surface area contributed by atoms with Crippen LogP contribution in [0.5, 0.6) is 0 Å². The van der Waals surface area contributed by atoms with Gasteiger partial charge in [-0.05, 0) is 42.8 Å². The fraction of sp³-hybridized carbons (Fsp3) is 0.125. The normalized spacial score (nSPS) is 11.6. The number of amides is 1. The second-order valence-electron chi connectivity index (χ2n) is 7.36. The zero-order valence-corrected chi connectivity index (χ0v) is 18.9. The maximum atomic E-state index is 12.7. The molecule has 0 atom stereocenters. The number of carbonyl (C=O) groups excluding carboxylic acids is 1. The van der Waals surface area contributed by atoms with Gasteiger partial charge in [-0.3, -0.25) is 4.79 Å². The van der Waals surface area contributed by atoms with Crippen LogP contribution in [0.15, 0.2) is 82.8 Å². The summed E-state index contributed by atoms with van der Waals surface area (Å²) >= 11 is 0. The minimum atomic E-state index is -3.64. The number of benzene rings is 3. The van der Waals surface area contributed by atoms with Crippen molar-refractivity contribution in [2.24, 2.45) is 5.10 Å². The number of nitrogens with one attached hydrogen (secondary N) is 1. The van der Waals surface area contributed by atoms with Gasteiger partial charge in [-0.1, -0.05) is 48.0 Å². The summed E-state index contributed by atoms with van der Waals surface area (Å²) in [6, 6.07) is 19.4. The van der Waals surface area contributed by atoms with E-state index in [0.717, 1.165) is 5.56 Å². The molecule has 3 aromatic carbocycles. The van der Waals surface area contributed by atoms with Crippen molar-refractivity contribution in [3.8, 4) is 0 Å². The molecule has 1 amide bonds. The van der Waals surface area contributed by atoms with E-state index in [2.05, 4.69) is 10.5 Å². The number of hydrogen-bond acceptors (Lipinski definition) is 5. The standard InChI is InChI=1S/C24H23N3O5S/c1-17-7-13-21(14-8-17)33(31,32)27(2)16-18-9-11-19(12-10-18)23(28)26-25-15-20-5-3-4-6-22(20)24(29)30/h3-15H,16H2,1-2H3,(H,26,28)(H,29,30). The van der Waals surface area contributed by atoms with Crippen LogP contribution in [-0.4, -0.2) is 43.0 Å². The van der Waals surface area contributed by atoms with Crippen LogP contribution >= 0.6 is 0 Å². The molecule has 0 spiro atoms. The van der Waals surface area contributed by atoms with Gasteiger partial charge >= 0.3 is 5.97 Å². The third-order valence-electron chi connectivity index (χ3n) is 4.91. The van der Waals surface area contributed by atoms with E-state index in [1.54, 1.807) is 66.7 Å². The van der Waals surface area contributed by atoms with Gasteiger partial charge in [0.25, 0.3) is 5.91 Å². The van der Waals surface area contributed by atoms with Gasteiger partial charge in [0.05, 0.1) is 16.7 Å². The Morgan fingerprint density at radius 1 is 1.00 bits per heavy atom. The van der Waals surface area contributed by atoms with E-state index in [-0.39, 0.29) is 17.0 Å². The molecular weight excluding hydrogens is 442 g/mol. The molecule has 0 heterocycles. The third kappa shape index (κ3) is 5.91. The van der Waals surface area contributed by atoms with Crippen molar-refractivity contribution < 1.29 is 23.1 Å². The van der Waals surface area contributed by atoms with Crippen molar-refractivity contribution in [1.82, 2.24) is 9.73 Å². The molecule has 0 aromatic heterocycles. The maximum absolute atomic E-state index is 12.7. The molecule has 0 aliphatic rings. The highest BCUT2D eigenvalue weighted by molar-refractivity contribution is 7.89. The molecule has 33 heavy (non-hydrogen) atoms. The summed E-state index contributed by atoms with van der Waals surface area (Å²) in [5, 5.41) is 13.0. The number of aromatic carboxylic acids is 1. The molecule has 3 aromatic rings. The Kier molecular flexibility index (Phi) is 7.37. The lowest BCUT2D eigenvalue weighted by Crippen LogP contribution is -2.26. The van der Waals surface area contributed by atoms with E-state index in [4.69, 9.17) is 0 Å². The van der Waals surface area contributed by atoms with E-state index in [0.29, 0.717) is 16.7 Å². The van der Waals surface area contributed by atoms with Crippen LogP contribution < -0.4 is 5.43 Å². The van der Waals surface area contributed by atoms with Crippen molar-refractivity contribution in [3.63, 3.8) is 0 Å². The molecule has 0 unspecified atom stereocenters. The van der Waals surface area contributed by atoms with Crippen molar-refractivity contribution >= 4 is 28.1 Å². The van der Waals surface area contributed by atoms with Crippen molar-refractivity contribution in [2.75, 3.05) is 7.05 Å². The molecular formula is C24H23N3O5S. The molecule has 0 aliphatic heterocycles. The predicted octanol–water partition coefficient (Wildman–Crippen LogP) is 3.28. The van der Waals surface area contributed by atoms with E-state index in [1.807, 2.05) is 6.92 Å². The average Bonchev–Trinajstić information content (AvgIpc) is 2.80. The Morgan fingerprint density at radius 2 is 1.64 bits per heavy atom. The topological polar surface area (TPSA) is 116 Å². The summed E-state index contributed by atoms with van der Waals surface area (Å²) < 4.78 is 26.7. The molecule has 0 radical (unpaired) electrons. The van der Waals surface area contributed by atoms with Gasteiger partial charge in [0, 0.05) is 24.7 Å². The molecule has 2 N–H and O–H groups in total. The van der Waals surface area contributed by atoms with Crippen LogP contribution in [-0.2, 0) is 16.6 Å². The zero-order valence-electron chi connectivity index (χ0n) is 18.1. The minimum Gasteiger partial charge on any atom is -0.478 e. The Morgan fingerprint density at radius 3 is 2.27 bits per heavy atom. The highest BCUT2D eigenvalue weighted by atomic mass is 32.2. The number of hydrazone groups is 1. The molecule has 170 valence electrons.